The number of aromatic nitrogens is 3. The van der Waals surface area contributed by atoms with Gasteiger partial charge in [-0.25, -0.2) is 0 Å². The van der Waals surface area contributed by atoms with Gasteiger partial charge in [0, 0.05) is 22.3 Å². The molecule has 2 aromatic carbocycles. The Morgan fingerprint density at radius 2 is 1.86 bits per heavy atom. The molecule has 0 aliphatic rings. The Bertz CT molecular complexity index is 1230. The molecule has 0 aliphatic heterocycles. The maximum atomic E-state index is 11.6. The first kappa shape index (κ1) is 19.6. The van der Waals surface area contributed by atoms with Gasteiger partial charge in [0.2, 0.25) is 5.43 Å². The smallest absolute Gasteiger partial charge is 0.226 e. The summed E-state index contributed by atoms with van der Waals surface area (Å²) in [6, 6.07) is 16.0. The van der Waals surface area contributed by atoms with E-state index in [1.54, 1.807) is 18.2 Å². The van der Waals surface area contributed by atoms with E-state index >= 15 is 0 Å². The van der Waals surface area contributed by atoms with Crippen LogP contribution in [-0.4, -0.2) is 19.9 Å². The van der Waals surface area contributed by atoms with E-state index in [4.69, 9.17) is 27.6 Å². The first-order valence-corrected chi connectivity index (χ1v) is 10.2. The summed E-state index contributed by atoms with van der Waals surface area (Å²) in [5.41, 5.74) is 1.05. The molecule has 4 rings (SSSR count). The van der Waals surface area contributed by atoms with Crippen LogP contribution in [-0.2, 0) is 5.75 Å². The van der Waals surface area contributed by atoms with E-state index in [9.17, 15) is 9.90 Å². The van der Waals surface area contributed by atoms with E-state index in [0.717, 1.165) is 12.0 Å². The van der Waals surface area contributed by atoms with Crippen molar-refractivity contribution in [3.63, 3.8) is 0 Å². The van der Waals surface area contributed by atoms with Crippen molar-refractivity contribution in [1.29, 1.82) is 0 Å². The SMILES string of the molecule is O=c1cc(CSc2nnc(-c3ccc(Cl)cc3Cl)n2-c2ccccc2)occ1O. The summed E-state index contributed by atoms with van der Waals surface area (Å²) in [7, 11) is 0. The molecule has 2 aromatic heterocycles. The van der Waals surface area contributed by atoms with Gasteiger partial charge in [0.1, 0.15) is 12.0 Å². The monoisotopic (exact) mass is 445 g/mol. The molecule has 6 nitrogen and oxygen atoms in total. The fourth-order valence-electron chi connectivity index (χ4n) is 2.67. The van der Waals surface area contributed by atoms with Gasteiger partial charge in [-0.05, 0) is 30.3 Å². The molecule has 0 bridgehead atoms. The van der Waals surface area contributed by atoms with Crippen LogP contribution < -0.4 is 5.43 Å². The molecule has 146 valence electrons. The fraction of sp³-hybridized carbons (Fsp3) is 0.0500. The molecular weight excluding hydrogens is 433 g/mol. The van der Waals surface area contributed by atoms with Gasteiger partial charge in [0.15, 0.2) is 16.7 Å². The van der Waals surface area contributed by atoms with Gasteiger partial charge in [-0.3, -0.25) is 9.36 Å². The molecule has 1 N–H and O–H groups in total. The third-order valence-corrected chi connectivity index (χ3v) is 5.53. The first-order chi connectivity index (χ1) is 14.0. The Labute approximate surface area is 179 Å². The molecule has 0 radical (unpaired) electrons. The van der Waals surface area contributed by atoms with Crippen molar-refractivity contribution in [2.45, 2.75) is 10.9 Å². The zero-order valence-electron chi connectivity index (χ0n) is 14.8. The normalized spacial score (nSPS) is 11.0. The van der Waals surface area contributed by atoms with Gasteiger partial charge in [-0.15, -0.1) is 10.2 Å². The average molecular weight is 446 g/mol. The topological polar surface area (TPSA) is 81.2 Å². The Morgan fingerprint density at radius 3 is 2.59 bits per heavy atom. The highest BCUT2D eigenvalue weighted by Gasteiger charge is 2.19. The number of hydrogen-bond donors (Lipinski definition) is 1. The molecular formula is C20H13Cl2N3O3S. The number of benzene rings is 2. The Morgan fingerprint density at radius 1 is 1.07 bits per heavy atom. The summed E-state index contributed by atoms with van der Waals surface area (Å²) in [5.74, 6) is 0.874. The largest absolute Gasteiger partial charge is 0.502 e. The second kappa shape index (κ2) is 8.32. The van der Waals surface area contributed by atoms with Crippen LogP contribution in [0.15, 0.2) is 75.2 Å². The Hall–Kier alpha value is -2.74. The van der Waals surface area contributed by atoms with Crippen molar-refractivity contribution >= 4 is 35.0 Å². The zero-order chi connectivity index (χ0) is 20.4. The number of para-hydroxylation sites is 1. The number of thioether (sulfide) groups is 1. The minimum absolute atomic E-state index is 0.328. The molecule has 0 spiro atoms. The Kier molecular flexibility index (Phi) is 5.62. The van der Waals surface area contributed by atoms with Crippen LogP contribution in [0.2, 0.25) is 10.0 Å². The van der Waals surface area contributed by atoms with Crippen molar-refractivity contribution in [3.8, 4) is 22.8 Å². The van der Waals surface area contributed by atoms with Gasteiger partial charge in [-0.2, -0.15) is 0 Å². The van der Waals surface area contributed by atoms with E-state index < -0.39 is 11.2 Å². The summed E-state index contributed by atoms with van der Waals surface area (Å²) >= 11 is 13.8. The molecule has 29 heavy (non-hydrogen) atoms. The maximum Gasteiger partial charge on any atom is 0.226 e. The lowest BCUT2D eigenvalue weighted by atomic mass is 10.2. The van der Waals surface area contributed by atoms with E-state index in [1.807, 2.05) is 34.9 Å². The summed E-state index contributed by atoms with van der Waals surface area (Å²) in [6.07, 6.45) is 1.03. The molecule has 0 unspecified atom stereocenters. The number of aromatic hydroxyl groups is 1. The molecule has 0 aliphatic carbocycles. The van der Waals surface area contributed by atoms with Gasteiger partial charge in [0.25, 0.3) is 0 Å². The summed E-state index contributed by atoms with van der Waals surface area (Å²) in [6.45, 7) is 0. The average Bonchev–Trinajstić information content (AvgIpc) is 3.13. The van der Waals surface area contributed by atoms with Crippen LogP contribution in [0.25, 0.3) is 17.1 Å². The third-order valence-electron chi connectivity index (χ3n) is 4.03. The van der Waals surface area contributed by atoms with Crippen molar-refractivity contribution < 1.29 is 9.52 Å². The molecule has 2 heterocycles. The van der Waals surface area contributed by atoms with Crippen molar-refractivity contribution in [2.75, 3.05) is 0 Å². The molecule has 4 aromatic rings. The van der Waals surface area contributed by atoms with Crippen LogP contribution in [0, 0.1) is 0 Å². The van der Waals surface area contributed by atoms with Crippen molar-refractivity contribution in [2.24, 2.45) is 0 Å². The van der Waals surface area contributed by atoms with E-state index in [-0.39, 0.29) is 0 Å². The third kappa shape index (κ3) is 4.17. The second-order valence-electron chi connectivity index (χ2n) is 5.99. The highest BCUT2D eigenvalue weighted by atomic mass is 35.5. The van der Waals surface area contributed by atoms with Crippen molar-refractivity contribution in [3.05, 3.63) is 86.9 Å². The molecule has 0 saturated heterocycles. The summed E-state index contributed by atoms with van der Waals surface area (Å²) in [4.78, 5) is 11.6. The number of rotatable bonds is 5. The molecule has 0 atom stereocenters. The Balaban J connectivity index is 1.75. The fourth-order valence-corrected chi connectivity index (χ4v) is 4.01. The van der Waals surface area contributed by atoms with E-state index in [2.05, 4.69) is 10.2 Å². The van der Waals surface area contributed by atoms with Crippen LogP contribution >= 0.6 is 35.0 Å². The lowest BCUT2D eigenvalue weighted by molar-refractivity contribution is 0.419. The van der Waals surface area contributed by atoms with Crippen LogP contribution in [0.4, 0.5) is 0 Å². The van der Waals surface area contributed by atoms with Crippen LogP contribution in [0.3, 0.4) is 0 Å². The lowest BCUT2D eigenvalue weighted by Gasteiger charge is -2.11. The highest BCUT2D eigenvalue weighted by Crippen LogP contribution is 2.34. The highest BCUT2D eigenvalue weighted by molar-refractivity contribution is 7.98. The standard InChI is InChI=1S/C20H13Cl2N3O3S/c21-12-6-7-15(16(22)8-12)19-23-24-20(25(19)13-4-2-1-3-5-13)29-11-14-9-17(26)18(27)10-28-14/h1-10,27H,11H2. The van der Waals surface area contributed by atoms with Gasteiger partial charge >= 0.3 is 0 Å². The predicted octanol–water partition coefficient (Wildman–Crippen LogP) is 5.19. The molecule has 0 fully saturated rings. The second-order valence-corrected chi connectivity index (χ2v) is 7.77. The number of nitrogens with zero attached hydrogens (tertiary/aromatic N) is 3. The molecule has 9 heteroatoms. The van der Waals surface area contributed by atoms with Crippen molar-refractivity contribution in [1.82, 2.24) is 14.8 Å². The summed E-state index contributed by atoms with van der Waals surface area (Å²) < 4.78 is 7.14. The van der Waals surface area contributed by atoms with Crippen LogP contribution in [0.5, 0.6) is 5.75 Å². The van der Waals surface area contributed by atoms with Gasteiger partial charge in [0.05, 0.1) is 10.8 Å². The van der Waals surface area contributed by atoms with Gasteiger partial charge in [-0.1, -0.05) is 53.2 Å². The summed E-state index contributed by atoms with van der Waals surface area (Å²) in [5, 5.41) is 19.5. The number of hydrogen-bond acceptors (Lipinski definition) is 6. The quantitative estimate of drug-likeness (QED) is 0.425. The number of halogens is 2. The minimum Gasteiger partial charge on any atom is -0.502 e. The molecule has 0 amide bonds. The van der Waals surface area contributed by atoms with Gasteiger partial charge < -0.3 is 9.52 Å². The lowest BCUT2D eigenvalue weighted by Crippen LogP contribution is -2.01. The minimum atomic E-state index is -0.495. The molecule has 0 saturated carbocycles. The zero-order valence-corrected chi connectivity index (χ0v) is 17.1. The van der Waals surface area contributed by atoms with Crippen LogP contribution in [0.1, 0.15) is 5.76 Å². The van der Waals surface area contributed by atoms with E-state index in [1.165, 1.54) is 17.8 Å². The van der Waals surface area contributed by atoms with E-state index in [0.29, 0.717) is 38.1 Å². The predicted molar refractivity (Wildman–Crippen MR) is 113 cm³/mol. The first-order valence-electron chi connectivity index (χ1n) is 8.42. The maximum absolute atomic E-state index is 11.6.